The van der Waals surface area contributed by atoms with Crippen molar-refractivity contribution in [2.45, 2.75) is 31.1 Å². The highest BCUT2D eigenvalue weighted by Gasteiger charge is 2.26. The molecule has 2 aromatic carbocycles. The molecule has 1 heterocycles. The van der Waals surface area contributed by atoms with Crippen LogP contribution in [-0.4, -0.2) is 20.1 Å². The van der Waals surface area contributed by atoms with Gasteiger partial charge in [-0.05, 0) is 49.2 Å². The molecule has 0 N–H and O–H groups in total. The minimum atomic E-state index is -4.74. The van der Waals surface area contributed by atoms with Crippen LogP contribution in [0.25, 0.3) is 11.0 Å². The minimum absolute atomic E-state index is 0.0162. The van der Waals surface area contributed by atoms with Gasteiger partial charge < -0.3 is 9.15 Å². The Morgan fingerprint density at radius 2 is 1.76 bits per heavy atom. The van der Waals surface area contributed by atoms with Gasteiger partial charge in [-0.1, -0.05) is 12.1 Å². The van der Waals surface area contributed by atoms with Crippen LogP contribution >= 0.6 is 0 Å². The molecule has 0 bridgehead atoms. The average Bonchev–Trinajstić information content (AvgIpc) is 2.69. The van der Waals surface area contributed by atoms with Crippen LogP contribution in [0, 0.1) is 13.8 Å². The van der Waals surface area contributed by atoms with Crippen LogP contribution in [0.4, 0.5) is 8.78 Å². The predicted molar refractivity (Wildman–Crippen MR) is 101 cm³/mol. The number of halogens is 2. The average molecular weight is 422 g/mol. The Morgan fingerprint density at radius 1 is 1.10 bits per heavy atom. The molecular formula is C20H16F2O6S. The fourth-order valence-corrected chi connectivity index (χ4v) is 3.48. The monoisotopic (exact) mass is 422 g/mol. The lowest BCUT2D eigenvalue weighted by Gasteiger charge is -2.10. The van der Waals surface area contributed by atoms with Crippen LogP contribution in [0.3, 0.4) is 0 Å². The highest BCUT2D eigenvalue weighted by atomic mass is 32.2. The van der Waals surface area contributed by atoms with E-state index in [0.29, 0.717) is 16.5 Å². The molecule has 3 aromatic rings. The first-order valence-corrected chi connectivity index (χ1v) is 9.98. The van der Waals surface area contributed by atoms with E-state index < -0.39 is 32.1 Å². The van der Waals surface area contributed by atoms with Gasteiger partial charge in [-0.25, -0.2) is 18.0 Å². The molecule has 0 aliphatic carbocycles. The quantitative estimate of drug-likeness (QED) is 0.459. The zero-order chi connectivity index (χ0) is 21.3. The van der Waals surface area contributed by atoms with Gasteiger partial charge in [-0.3, -0.25) is 0 Å². The number of hydrogen-bond acceptors (Lipinski definition) is 6. The van der Waals surface area contributed by atoms with Crippen LogP contribution in [0.1, 0.15) is 27.0 Å². The molecule has 0 saturated heterocycles. The van der Waals surface area contributed by atoms with Gasteiger partial charge in [0.15, 0.2) is 0 Å². The van der Waals surface area contributed by atoms with Gasteiger partial charge in [0, 0.05) is 17.0 Å². The van der Waals surface area contributed by atoms with Gasteiger partial charge in [-0.2, -0.15) is 8.78 Å². The van der Waals surface area contributed by atoms with Crippen LogP contribution in [0.15, 0.2) is 56.6 Å². The number of sulfone groups is 1. The molecule has 29 heavy (non-hydrogen) atoms. The number of carbonyl (C=O) groups excluding carboxylic acids is 1. The summed E-state index contributed by atoms with van der Waals surface area (Å²) in [4.78, 5) is 23.5. The van der Waals surface area contributed by atoms with E-state index in [2.05, 4.69) is 0 Å². The third-order valence-corrected chi connectivity index (χ3v) is 5.93. The predicted octanol–water partition coefficient (Wildman–Crippen LogP) is 3.76. The summed E-state index contributed by atoms with van der Waals surface area (Å²) < 4.78 is 58.4. The number of carbonyl (C=O) groups is 1. The largest absolute Gasteiger partial charge is 0.457 e. The Hall–Kier alpha value is -3.07. The van der Waals surface area contributed by atoms with E-state index in [1.807, 2.05) is 19.9 Å². The zero-order valence-electron chi connectivity index (χ0n) is 15.4. The van der Waals surface area contributed by atoms with Crippen LogP contribution in [-0.2, 0) is 21.2 Å². The minimum Gasteiger partial charge on any atom is -0.457 e. The summed E-state index contributed by atoms with van der Waals surface area (Å²) in [6.45, 7) is 3.46. The fraction of sp³-hybridized carbons (Fsp3) is 0.200. The van der Waals surface area contributed by atoms with E-state index in [9.17, 15) is 26.8 Å². The summed E-state index contributed by atoms with van der Waals surface area (Å²) >= 11 is 0. The molecule has 0 unspecified atom stereocenters. The highest BCUT2D eigenvalue weighted by molar-refractivity contribution is 7.91. The lowest BCUT2D eigenvalue weighted by Crippen LogP contribution is -2.12. The summed E-state index contributed by atoms with van der Waals surface area (Å²) in [5.74, 6) is -4.35. The van der Waals surface area contributed by atoms with Gasteiger partial charge in [0.1, 0.15) is 12.2 Å². The van der Waals surface area contributed by atoms with Crippen molar-refractivity contribution in [3.8, 4) is 0 Å². The maximum Gasteiger partial charge on any atom is 0.341 e. The summed E-state index contributed by atoms with van der Waals surface area (Å²) in [6.07, 6.45) is 0. The normalized spacial score (nSPS) is 11.8. The van der Waals surface area contributed by atoms with E-state index in [1.165, 1.54) is 6.07 Å². The van der Waals surface area contributed by atoms with Gasteiger partial charge in [0.05, 0.1) is 10.5 Å². The van der Waals surface area contributed by atoms with Gasteiger partial charge in [0.25, 0.3) is 0 Å². The molecule has 0 spiro atoms. The Kier molecular flexibility index (Phi) is 5.52. The first-order valence-electron chi connectivity index (χ1n) is 8.43. The lowest BCUT2D eigenvalue weighted by molar-refractivity contribution is 0.0473. The summed E-state index contributed by atoms with van der Waals surface area (Å²) in [7, 11) is -4.74. The Labute approximate surface area is 164 Å². The zero-order valence-corrected chi connectivity index (χ0v) is 16.3. The number of aryl methyl sites for hydroxylation is 2. The molecule has 0 amide bonds. The SMILES string of the molecule is Cc1ccc2c(COC(=O)c3ccc(S(=O)(=O)C(F)F)cc3)cc(=O)oc2c1C. The van der Waals surface area contributed by atoms with Crippen molar-refractivity contribution in [2.75, 3.05) is 0 Å². The summed E-state index contributed by atoms with van der Waals surface area (Å²) in [5.41, 5.74) is 1.99. The van der Waals surface area contributed by atoms with Crippen molar-refractivity contribution in [2.24, 2.45) is 0 Å². The molecule has 3 rings (SSSR count). The second kappa shape index (κ2) is 7.75. The number of hydrogen-bond donors (Lipinski definition) is 0. The van der Waals surface area contributed by atoms with Crippen LogP contribution in [0.5, 0.6) is 0 Å². The molecule has 0 aliphatic heterocycles. The third-order valence-electron chi connectivity index (χ3n) is 4.53. The molecule has 0 radical (unpaired) electrons. The lowest BCUT2D eigenvalue weighted by atomic mass is 10.0. The number of alkyl halides is 2. The molecule has 6 nitrogen and oxygen atoms in total. The van der Waals surface area contributed by atoms with E-state index in [0.717, 1.165) is 35.4 Å². The topological polar surface area (TPSA) is 90.7 Å². The Morgan fingerprint density at radius 3 is 2.38 bits per heavy atom. The maximum absolute atomic E-state index is 12.6. The summed E-state index contributed by atoms with van der Waals surface area (Å²) in [6, 6.07) is 8.83. The van der Waals surface area contributed by atoms with E-state index in [4.69, 9.17) is 9.15 Å². The Balaban J connectivity index is 1.83. The molecule has 0 aliphatic rings. The van der Waals surface area contributed by atoms with Crippen molar-refractivity contribution < 1.29 is 31.1 Å². The second-order valence-electron chi connectivity index (χ2n) is 6.38. The van der Waals surface area contributed by atoms with Crippen molar-refractivity contribution in [3.05, 3.63) is 75.1 Å². The van der Waals surface area contributed by atoms with E-state index in [-0.39, 0.29) is 12.2 Å². The Bertz CT molecular complexity index is 1240. The second-order valence-corrected chi connectivity index (χ2v) is 8.30. The number of esters is 1. The van der Waals surface area contributed by atoms with Gasteiger partial charge in [-0.15, -0.1) is 0 Å². The van der Waals surface area contributed by atoms with Crippen molar-refractivity contribution in [3.63, 3.8) is 0 Å². The molecule has 9 heteroatoms. The molecular weight excluding hydrogens is 406 g/mol. The van der Waals surface area contributed by atoms with E-state index >= 15 is 0 Å². The number of fused-ring (bicyclic) bond motifs is 1. The smallest absolute Gasteiger partial charge is 0.341 e. The molecule has 1 aromatic heterocycles. The molecule has 152 valence electrons. The van der Waals surface area contributed by atoms with E-state index in [1.54, 1.807) is 6.07 Å². The first-order chi connectivity index (χ1) is 13.6. The maximum atomic E-state index is 12.6. The number of ether oxygens (including phenoxy) is 1. The van der Waals surface area contributed by atoms with Gasteiger partial charge >= 0.3 is 17.4 Å². The van der Waals surface area contributed by atoms with Crippen molar-refractivity contribution >= 4 is 26.8 Å². The highest BCUT2D eigenvalue weighted by Crippen LogP contribution is 2.24. The van der Waals surface area contributed by atoms with Crippen LogP contribution < -0.4 is 5.63 Å². The summed E-state index contributed by atoms with van der Waals surface area (Å²) in [5, 5.41) is 0.624. The molecule has 0 fully saturated rings. The van der Waals surface area contributed by atoms with Crippen molar-refractivity contribution in [1.29, 1.82) is 0 Å². The van der Waals surface area contributed by atoms with Crippen molar-refractivity contribution in [1.82, 2.24) is 0 Å². The van der Waals surface area contributed by atoms with Gasteiger partial charge in [0.2, 0.25) is 9.84 Å². The van der Waals surface area contributed by atoms with Crippen LogP contribution in [0.2, 0.25) is 0 Å². The number of benzene rings is 2. The first kappa shape index (κ1) is 20.7. The molecule has 0 saturated carbocycles. The number of rotatable bonds is 5. The molecule has 0 atom stereocenters. The standard InChI is InChI=1S/C20H16F2O6S/c1-11-3-8-16-14(9-17(23)28-18(16)12(11)2)10-27-19(24)13-4-6-15(7-5-13)29(25,26)20(21)22/h3-9,20H,10H2,1-2H3. The fourth-order valence-electron chi connectivity index (χ4n) is 2.75. The third kappa shape index (κ3) is 4.04.